The lowest BCUT2D eigenvalue weighted by molar-refractivity contribution is 0.412. The van der Waals surface area contributed by atoms with Crippen molar-refractivity contribution in [1.82, 2.24) is 9.78 Å². The fourth-order valence-corrected chi connectivity index (χ4v) is 4.64. The van der Waals surface area contributed by atoms with E-state index in [2.05, 4.69) is 15.3 Å². The predicted octanol–water partition coefficient (Wildman–Crippen LogP) is 3.17. The van der Waals surface area contributed by atoms with Gasteiger partial charge >= 0.3 is 0 Å². The van der Waals surface area contributed by atoms with E-state index in [1.54, 1.807) is 24.9 Å². The predicted molar refractivity (Wildman–Crippen MR) is 120 cm³/mol. The summed E-state index contributed by atoms with van der Waals surface area (Å²) in [4.78, 5) is 2.19. The van der Waals surface area contributed by atoms with E-state index in [-0.39, 0.29) is 5.56 Å². The van der Waals surface area contributed by atoms with Crippen molar-refractivity contribution in [2.75, 3.05) is 49.0 Å². The molecule has 0 saturated carbocycles. The highest BCUT2D eigenvalue weighted by Gasteiger charge is 2.20. The van der Waals surface area contributed by atoms with Crippen LogP contribution in [0.4, 0.5) is 15.9 Å². The molecule has 0 amide bonds. The molecule has 160 valence electrons. The molecule has 0 aliphatic carbocycles. The van der Waals surface area contributed by atoms with Crippen LogP contribution >= 0.6 is 0 Å². The van der Waals surface area contributed by atoms with Gasteiger partial charge in [0.05, 0.1) is 18.4 Å². The fraction of sp³-hybridized carbons (Fsp3) is 0.273. The number of anilines is 2. The summed E-state index contributed by atoms with van der Waals surface area (Å²) in [6.45, 7) is 1.47. The second-order valence-electron chi connectivity index (χ2n) is 7.07. The number of aromatic nitrogens is 2. The molecule has 0 bridgehead atoms. The Hall–Kier alpha value is -3.38. The number of hydrogen-bond donors (Lipinski definition) is 1. The number of nitrogens with one attached hydrogen (secondary N) is 1. The molecule has 2 aromatic carbocycles. The first-order chi connectivity index (χ1) is 15.0. The molecule has 7 nitrogen and oxygen atoms in total. The summed E-state index contributed by atoms with van der Waals surface area (Å²) in [5.41, 5.74) is 2.94. The molecular weight excluding hydrogens is 417 g/mol. The number of nitriles is 1. The van der Waals surface area contributed by atoms with Gasteiger partial charge in [0.25, 0.3) is 0 Å². The molecule has 0 atom stereocenters. The molecule has 1 aliphatic heterocycles. The van der Waals surface area contributed by atoms with Crippen LogP contribution < -0.4 is 15.0 Å². The molecule has 1 saturated heterocycles. The lowest BCUT2D eigenvalue weighted by atomic mass is 10.1. The summed E-state index contributed by atoms with van der Waals surface area (Å²) < 4.78 is 33.3. The highest BCUT2D eigenvalue weighted by molar-refractivity contribution is 7.85. The van der Waals surface area contributed by atoms with Gasteiger partial charge < -0.3 is 15.0 Å². The number of ether oxygens (including phenoxy) is 1. The maximum atomic E-state index is 14.3. The number of halogens is 1. The summed E-state index contributed by atoms with van der Waals surface area (Å²) in [5.74, 6) is 1.96. The third-order valence-corrected chi connectivity index (χ3v) is 6.56. The monoisotopic (exact) mass is 439 g/mol. The van der Waals surface area contributed by atoms with Gasteiger partial charge in [0.15, 0.2) is 0 Å². The van der Waals surface area contributed by atoms with Crippen LogP contribution in [0.3, 0.4) is 0 Å². The van der Waals surface area contributed by atoms with Crippen molar-refractivity contribution in [2.45, 2.75) is 0 Å². The number of rotatable bonds is 5. The topological polar surface area (TPSA) is 83.2 Å². The van der Waals surface area contributed by atoms with Gasteiger partial charge in [-0.05, 0) is 24.3 Å². The Labute approximate surface area is 182 Å². The van der Waals surface area contributed by atoms with Gasteiger partial charge in [-0.15, -0.1) is 5.10 Å². The van der Waals surface area contributed by atoms with Crippen LogP contribution in [0.1, 0.15) is 5.56 Å². The summed E-state index contributed by atoms with van der Waals surface area (Å²) in [6.07, 6.45) is 0. The summed E-state index contributed by atoms with van der Waals surface area (Å²) in [6, 6.07) is 14.0. The third-order valence-electron chi connectivity index (χ3n) is 5.29. The minimum Gasteiger partial charge on any atom is -0.494 e. The van der Waals surface area contributed by atoms with Crippen molar-refractivity contribution in [3.05, 3.63) is 53.8 Å². The van der Waals surface area contributed by atoms with Crippen molar-refractivity contribution in [3.8, 4) is 28.8 Å². The number of methoxy groups -OCH3 is 1. The van der Waals surface area contributed by atoms with Crippen LogP contribution in [-0.4, -0.2) is 52.7 Å². The van der Waals surface area contributed by atoms with E-state index in [1.807, 2.05) is 30.3 Å². The van der Waals surface area contributed by atoms with E-state index in [0.29, 0.717) is 40.0 Å². The number of nitrogens with zero attached hydrogens (tertiary/aromatic N) is 4. The van der Waals surface area contributed by atoms with Gasteiger partial charge in [-0.3, -0.25) is 4.21 Å². The molecule has 1 aromatic heterocycles. The molecule has 0 spiro atoms. The summed E-state index contributed by atoms with van der Waals surface area (Å²) in [7, 11) is 2.61. The Morgan fingerprint density at radius 3 is 2.61 bits per heavy atom. The smallest absolute Gasteiger partial charge is 0.148 e. The molecule has 3 aromatic rings. The zero-order valence-corrected chi connectivity index (χ0v) is 18.1. The van der Waals surface area contributed by atoms with Gasteiger partial charge in [0.1, 0.15) is 29.1 Å². The second-order valence-corrected chi connectivity index (χ2v) is 8.77. The molecule has 1 aliphatic rings. The van der Waals surface area contributed by atoms with Crippen LogP contribution in [0.5, 0.6) is 5.75 Å². The minimum atomic E-state index is -0.748. The maximum Gasteiger partial charge on any atom is 0.148 e. The van der Waals surface area contributed by atoms with Gasteiger partial charge in [-0.1, -0.05) is 6.07 Å². The van der Waals surface area contributed by atoms with Crippen LogP contribution in [-0.2, 0) is 10.8 Å². The Kier molecular flexibility index (Phi) is 5.91. The van der Waals surface area contributed by atoms with Crippen LogP contribution in [0, 0.1) is 17.1 Å². The Morgan fingerprint density at radius 2 is 1.97 bits per heavy atom. The summed E-state index contributed by atoms with van der Waals surface area (Å²) >= 11 is 0. The standard InChI is InChI=1S/C22H22FN5O2S/c1-25-22-13-20(15-3-4-16(14-24)18(23)11-15)28(26-22)19-6-5-17(12-21(19)30-2)27-7-9-31(29)10-8-27/h3-6,11-13H,7-10H2,1-2H3,(H,25,26). The molecule has 0 radical (unpaired) electrons. The lowest BCUT2D eigenvalue weighted by Crippen LogP contribution is -2.37. The molecule has 2 heterocycles. The lowest BCUT2D eigenvalue weighted by Gasteiger charge is -2.29. The van der Waals surface area contributed by atoms with Crippen molar-refractivity contribution >= 4 is 22.3 Å². The molecule has 31 heavy (non-hydrogen) atoms. The van der Waals surface area contributed by atoms with Gasteiger partial charge in [0.2, 0.25) is 0 Å². The van der Waals surface area contributed by atoms with E-state index in [4.69, 9.17) is 10.00 Å². The molecule has 1 N–H and O–H groups in total. The van der Waals surface area contributed by atoms with E-state index in [1.165, 1.54) is 12.1 Å². The van der Waals surface area contributed by atoms with Gasteiger partial charge in [-0.2, -0.15) is 5.26 Å². The Bertz CT molecular complexity index is 1180. The summed E-state index contributed by atoms with van der Waals surface area (Å²) in [5, 5.41) is 16.6. The van der Waals surface area contributed by atoms with Crippen LogP contribution in [0.25, 0.3) is 16.9 Å². The highest BCUT2D eigenvalue weighted by Crippen LogP contribution is 2.34. The first-order valence-electron chi connectivity index (χ1n) is 9.80. The normalized spacial score (nSPS) is 14.3. The second kappa shape index (κ2) is 8.78. The van der Waals surface area contributed by atoms with E-state index >= 15 is 0 Å². The van der Waals surface area contributed by atoms with Crippen molar-refractivity contribution < 1.29 is 13.3 Å². The third kappa shape index (κ3) is 4.11. The fourth-order valence-electron chi connectivity index (χ4n) is 3.59. The zero-order chi connectivity index (χ0) is 22.0. The average molecular weight is 440 g/mol. The van der Waals surface area contributed by atoms with E-state index in [0.717, 1.165) is 18.8 Å². The highest BCUT2D eigenvalue weighted by atomic mass is 32.2. The Morgan fingerprint density at radius 1 is 1.19 bits per heavy atom. The van der Waals surface area contributed by atoms with Crippen molar-refractivity contribution in [2.24, 2.45) is 0 Å². The van der Waals surface area contributed by atoms with Crippen molar-refractivity contribution in [3.63, 3.8) is 0 Å². The first kappa shape index (κ1) is 20.9. The zero-order valence-electron chi connectivity index (χ0n) is 17.3. The van der Waals surface area contributed by atoms with E-state index < -0.39 is 16.6 Å². The van der Waals surface area contributed by atoms with Crippen LogP contribution in [0.15, 0.2) is 42.5 Å². The van der Waals surface area contributed by atoms with Crippen LogP contribution in [0.2, 0.25) is 0 Å². The number of benzene rings is 2. The SMILES string of the molecule is CNc1cc(-c2ccc(C#N)c(F)c2)n(-c2ccc(N3CCS(=O)CC3)cc2OC)n1. The molecule has 0 unspecified atom stereocenters. The minimum absolute atomic E-state index is 0.00643. The maximum absolute atomic E-state index is 14.3. The molecular formula is C22H22FN5O2S. The first-order valence-corrected chi connectivity index (χ1v) is 11.3. The molecule has 4 rings (SSSR count). The number of hydrogen-bond acceptors (Lipinski definition) is 6. The van der Waals surface area contributed by atoms with Gasteiger partial charge in [0, 0.05) is 65.8 Å². The molecule has 9 heteroatoms. The Balaban J connectivity index is 1.77. The molecule has 1 fully saturated rings. The quantitative estimate of drug-likeness (QED) is 0.658. The van der Waals surface area contributed by atoms with Gasteiger partial charge in [-0.25, -0.2) is 9.07 Å². The van der Waals surface area contributed by atoms with Crippen molar-refractivity contribution in [1.29, 1.82) is 5.26 Å². The average Bonchev–Trinajstić information content (AvgIpc) is 3.23. The van der Waals surface area contributed by atoms with E-state index in [9.17, 15) is 8.60 Å². The largest absolute Gasteiger partial charge is 0.494 e.